The highest BCUT2D eigenvalue weighted by Crippen LogP contribution is 2.29. The molecule has 3 heterocycles. The lowest BCUT2D eigenvalue weighted by Crippen LogP contribution is -2.25. The predicted octanol–water partition coefficient (Wildman–Crippen LogP) is 1.65. The van der Waals surface area contributed by atoms with E-state index in [4.69, 9.17) is 0 Å². The van der Waals surface area contributed by atoms with Crippen molar-refractivity contribution in [3.8, 4) is 17.0 Å². The van der Waals surface area contributed by atoms with E-state index in [0.717, 1.165) is 23.3 Å². The van der Waals surface area contributed by atoms with Gasteiger partial charge in [0.05, 0.1) is 5.69 Å². The van der Waals surface area contributed by atoms with Gasteiger partial charge in [-0.15, -0.1) is 0 Å². The lowest BCUT2D eigenvalue weighted by molar-refractivity contribution is 0.0954. The van der Waals surface area contributed by atoms with Crippen molar-refractivity contribution >= 4 is 42.0 Å². The van der Waals surface area contributed by atoms with E-state index in [1.807, 2.05) is 42.9 Å². The molecule has 0 radical (unpaired) electrons. The highest BCUT2D eigenvalue weighted by Gasteiger charge is 2.12. The second kappa shape index (κ2) is 8.36. The van der Waals surface area contributed by atoms with Crippen molar-refractivity contribution < 1.29 is 9.90 Å². The number of phenols is 1. The van der Waals surface area contributed by atoms with Gasteiger partial charge in [0.25, 0.3) is 5.91 Å². The molecule has 0 aliphatic heterocycles. The van der Waals surface area contributed by atoms with Crippen LogP contribution in [0.2, 0.25) is 0 Å². The molecule has 0 saturated heterocycles. The summed E-state index contributed by atoms with van der Waals surface area (Å²) in [5.74, 6) is 0.913. The van der Waals surface area contributed by atoms with Crippen LogP contribution in [0.3, 0.4) is 0 Å². The maximum Gasteiger partial charge on any atom is 0.252 e. The van der Waals surface area contributed by atoms with E-state index in [1.54, 1.807) is 22.8 Å². The molecule has 7 nitrogen and oxygen atoms in total. The third-order valence-electron chi connectivity index (χ3n) is 4.56. The summed E-state index contributed by atoms with van der Waals surface area (Å²) in [6.07, 6.45) is 2.52. The van der Waals surface area contributed by atoms with Gasteiger partial charge in [-0.1, -0.05) is 12.1 Å². The van der Waals surface area contributed by atoms with E-state index in [2.05, 4.69) is 20.7 Å². The standard InChI is InChI=1S/C20H20BN5O2S/c21-15-11-24-26-18(22-7-3-8-23-20(28)13-6-9-29-12-13)10-16(25-19(15)26)14-4-1-2-5-17(14)27/h1-2,4-6,9-12,22,27H,3,7-8,21H2,(H,23,28). The zero-order valence-electron chi connectivity index (χ0n) is 15.9. The summed E-state index contributed by atoms with van der Waals surface area (Å²) < 4.78 is 1.75. The van der Waals surface area contributed by atoms with Crippen molar-refractivity contribution in [1.82, 2.24) is 19.9 Å². The second-order valence-corrected chi connectivity index (χ2v) is 7.44. The highest BCUT2D eigenvalue weighted by molar-refractivity contribution is 7.08. The molecule has 0 aliphatic rings. The predicted molar refractivity (Wildman–Crippen MR) is 118 cm³/mol. The van der Waals surface area contributed by atoms with E-state index in [9.17, 15) is 9.90 Å². The van der Waals surface area contributed by atoms with Crippen LogP contribution in [0.25, 0.3) is 16.9 Å². The second-order valence-electron chi connectivity index (χ2n) is 6.66. The van der Waals surface area contributed by atoms with Crippen LogP contribution in [0.4, 0.5) is 5.82 Å². The van der Waals surface area contributed by atoms with E-state index < -0.39 is 0 Å². The first-order valence-electron chi connectivity index (χ1n) is 9.31. The number of carbonyl (C=O) groups excluding carboxylic acids is 1. The van der Waals surface area contributed by atoms with Gasteiger partial charge in [0.2, 0.25) is 0 Å². The van der Waals surface area contributed by atoms with Crippen LogP contribution in [-0.4, -0.2) is 46.5 Å². The topological polar surface area (TPSA) is 91.5 Å². The molecule has 0 fully saturated rings. The number of phenolic OH excluding ortho intramolecular Hbond substituents is 1. The van der Waals surface area contributed by atoms with E-state index in [0.29, 0.717) is 29.9 Å². The van der Waals surface area contributed by atoms with Gasteiger partial charge in [-0.2, -0.15) is 21.0 Å². The number of aromatic nitrogens is 3. The molecular weight excluding hydrogens is 385 g/mol. The van der Waals surface area contributed by atoms with Gasteiger partial charge in [-0.25, -0.2) is 4.98 Å². The average Bonchev–Trinajstić information content (AvgIpc) is 3.38. The zero-order valence-corrected chi connectivity index (χ0v) is 16.7. The molecule has 3 N–H and O–H groups in total. The Morgan fingerprint density at radius 2 is 2.10 bits per heavy atom. The molecule has 9 heteroatoms. The summed E-state index contributed by atoms with van der Waals surface area (Å²) in [6, 6.07) is 10.8. The molecule has 0 atom stereocenters. The van der Waals surface area contributed by atoms with Crippen LogP contribution in [-0.2, 0) is 0 Å². The fraction of sp³-hybridized carbons (Fsp3) is 0.150. The number of amides is 1. The number of carbonyl (C=O) groups is 1. The first-order chi connectivity index (χ1) is 14.1. The van der Waals surface area contributed by atoms with Crippen molar-refractivity contribution in [1.29, 1.82) is 0 Å². The number of aromatic hydroxyl groups is 1. The molecule has 1 amide bonds. The number of rotatable bonds is 7. The van der Waals surface area contributed by atoms with Crippen LogP contribution in [0, 0.1) is 0 Å². The third kappa shape index (κ3) is 4.09. The van der Waals surface area contributed by atoms with Gasteiger partial charge in [0, 0.05) is 41.9 Å². The number of hydrogen-bond acceptors (Lipinski definition) is 6. The van der Waals surface area contributed by atoms with Crippen molar-refractivity contribution in [3.63, 3.8) is 0 Å². The molecular formula is C20H20BN5O2S. The Labute approximate surface area is 172 Å². The monoisotopic (exact) mass is 405 g/mol. The molecule has 0 unspecified atom stereocenters. The molecule has 0 bridgehead atoms. The van der Waals surface area contributed by atoms with Gasteiger partial charge >= 0.3 is 0 Å². The van der Waals surface area contributed by atoms with Crippen LogP contribution in [0.15, 0.2) is 53.4 Å². The first kappa shape index (κ1) is 19.0. The van der Waals surface area contributed by atoms with E-state index >= 15 is 0 Å². The summed E-state index contributed by atoms with van der Waals surface area (Å²) in [5, 5.41) is 24.6. The van der Waals surface area contributed by atoms with Crippen molar-refractivity contribution in [2.45, 2.75) is 6.42 Å². The number of nitrogens with zero attached hydrogens (tertiary/aromatic N) is 3. The van der Waals surface area contributed by atoms with Gasteiger partial charge in [0.1, 0.15) is 19.4 Å². The summed E-state index contributed by atoms with van der Waals surface area (Å²) in [4.78, 5) is 16.6. The maximum atomic E-state index is 12.0. The van der Waals surface area contributed by atoms with Crippen LogP contribution >= 0.6 is 11.3 Å². The summed E-state index contributed by atoms with van der Waals surface area (Å²) in [6.45, 7) is 1.22. The number of fused-ring (bicyclic) bond motifs is 1. The molecule has 4 aromatic rings. The van der Waals surface area contributed by atoms with E-state index in [1.165, 1.54) is 11.3 Å². The van der Waals surface area contributed by atoms with Crippen LogP contribution in [0.5, 0.6) is 5.75 Å². The van der Waals surface area contributed by atoms with Crippen molar-refractivity contribution in [3.05, 3.63) is 58.9 Å². The van der Waals surface area contributed by atoms with Crippen molar-refractivity contribution in [2.75, 3.05) is 18.4 Å². The summed E-state index contributed by atoms with van der Waals surface area (Å²) in [7, 11) is 1.95. The molecule has 0 aliphatic carbocycles. The number of nitrogens with one attached hydrogen (secondary N) is 2. The lowest BCUT2D eigenvalue weighted by Gasteiger charge is -2.12. The Hall–Kier alpha value is -3.33. The van der Waals surface area contributed by atoms with E-state index in [-0.39, 0.29) is 11.7 Å². The first-order valence-corrected chi connectivity index (χ1v) is 10.3. The molecule has 1 aromatic carbocycles. The third-order valence-corrected chi connectivity index (χ3v) is 5.24. The van der Waals surface area contributed by atoms with Crippen LogP contribution < -0.4 is 16.1 Å². The molecule has 3 aromatic heterocycles. The number of thiophene rings is 1. The Kier molecular flexibility index (Phi) is 5.48. The lowest BCUT2D eigenvalue weighted by atomic mass is 10.0. The fourth-order valence-corrected chi connectivity index (χ4v) is 3.67. The number of hydrogen-bond donors (Lipinski definition) is 3. The minimum atomic E-state index is -0.0536. The number of para-hydroxylation sites is 1. The fourth-order valence-electron chi connectivity index (χ4n) is 3.03. The molecule has 4 rings (SSSR count). The minimum Gasteiger partial charge on any atom is -0.507 e. The van der Waals surface area contributed by atoms with Gasteiger partial charge in [0.15, 0.2) is 5.65 Å². The summed E-state index contributed by atoms with van der Waals surface area (Å²) in [5.41, 5.74) is 3.72. The smallest absolute Gasteiger partial charge is 0.252 e. The maximum absolute atomic E-state index is 12.0. The number of anilines is 1. The van der Waals surface area contributed by atoms with Gasteiger partial charge < -0.3 is 15.7 Å². The number of benzene rings is 1. The Bertz CT molecular complexity index is 1140. The van der Waals surface area contributed by atoms with Crippen LogP contribution in [0.1, 0.15) is 16.8 Å². The summed E-state index contributed by atoms with van der Waals surface area (Å²) >= 11 is 1.51. The largest absolute Gasteiger partial charge is 0.507 e. The SMILES string of the molecule is Bc1cnn2c(NCCCNC(=O)c3ccsc3)cc(-c3ccccc3O)nc12. The molecule has 146 valence electrons. The molecule has 29 heavy (non-hydrogen) atoms. The average molecular weight is 405 g/mol. The normalized spacial score (nSPS) is 10.9. The molecule has 0 saturated carbocycles. The molecule has 0 spiro atoms. The quantitative estimate of drug-likeness (QED) is 0.321. The van der Waals surface area contributed by atoms with Gasteiger partial charge in [-0.05, 0) is 35.5 Å². The zero-order chi connectivity index (χ0) is 20.2. The Balaban J connectivity index is 1.47. The highest BCUT2D eigenvalue weighted by atomic mass is 32.1. The Morgan fingerprint density at radius 1 is 1.24 bits per heavy atom. The van der Waals surface area contributed by atoms with Crippen molar-refractivity contribution in [2.24, 2.45) is 0 Å². The van der Waals surface area contributed by atoms with Gasteiger partial charge in [-0.3, -0.25) is 4.79 Å². The minimum absolute atomic E-state index is 0.0536. The Morgan fingerprint density at radius 3 is 2.90 bits per heavy atom.